The molecule has 0 amide bonds. The molecule has 0 radical (unpaired) electrons. The van der Waals surface area contributed by atoms with E-state index in [1.807, 2.05) is 0 Å². The molecule has 0 bridgehead atoms. The van der Waals surface area contributed by atoms with Crippen molar-refractivity contribution in [2.45, 2.75) is 50.9 Å². The summed E-state index contributed by atoms with van der Waals surface area (Å²) < 4.78 is 5.77. The topological polar surface area (TPSA) is 49.7 Å². The molecule has 0 aromatic heterocycles. The van der Waals surface area contributed by atoms with Gasteiger partial charge in [0.2, 0.25) is 0 Å². The number of ether oxygens (including phenoxy) is 1. The number of hydrogen-bond donors (Lipinski definition) is 2. The average molecular weight is 271 g/mol. The summed E-state index contributed by atoms with van der Waals surface area (Å²) in [6.07, 6.45) is 2.64. The molecule has 100 valence electrons. The summed E-state index contributed by atoms with van der Waals surface area (Å²) >= 11 is 6.12. The Bertz CT molecular complexity index is 406. The van der Waals surface area contributed by atoms with Crippen molar-refractivity contribution in [3.8, 4) is 5.75 Å². The van der Waals surface area contributed by atoms with Crippen LogP contribution in [-0.2, 0) is 0 Å². The summed E-state index contributed by atoms with van der Waals surface area (Å²) in [5.74, 6) is 0.576. The first kappa shape index (κ1) is 13.7. The summed E-state index contributed by atoms with van der Waals surface area (Å²) in [5, 5.41) is 19.8. The molecule has 3 nitrogen and oxygen atoms in total. The molecule has 0 saturated heterocycles. The fourth-order valence-electron chi connectivity index (χ4n) is 2.25. The highest BCUT2D eigenvalue weighted by Crippen LogP contribution is 2.31. The smallest absolute Gasteiger partial charge is 0.138 e. The zero-order valence-corrected chi connectivity index (χ0v) is 11.2. The van der Waals surface area contributed by atoms with Crippen molar-refractivity contribution in [2.24, 2.45) is 0 Å². The lowest BCUT2D eigenvalue weighted by molar-refractivity contribution is 0.00690. The van der Waals surface area contributed by atoms with Gasteiger partial charge in [-0.2, -0.15) is 0 Å². The van der Waals surface area contributed by atoms with Crippen LogP contribution in [0.25, 0.3) is 0 Å². The Kier molecular flexibility index (Phi) is 4.49. The van der Waals surface area contributed by atoms with Crippen molar-refractivity contribution >= 4 is 11.6 Å². The third-order valence-corrected chi connectivity index (χ3v) is 3.68. The normalized spacial score (nSPS) is 25.8. The Balaban J connectivity index is 2.09. The van der Waals surface area contributed by atoms with Gasteiger partial charge >= 0.3 is 0 Å². The van der Waals surface area contributed by atoms with E-state index in [1.165, 1.54) is 0 Å². The number of hydrogen-bond acceptors (Lipinski definition) is 3. The second-order valence-electron chi connectivity index (χ2n) is 4.87. The van der Waals surface area contributed by atoms with Crippen molar-refractivity contribution in [3.63, 3.8) is 0 Å². The minimum Gasteiger partial charge on any atom is -0.486 e. The summed E-state index contributed by atoms with van der Waals surface area (Å²) in [5.41, 5.74) is 0.761. The molecule has 18 heavy (non-hydrogen) atoms. The molecular formula is C14H19ClO3. The molecule has 0 aliphatic heterocycles. The number of rotatable bonds is 3. The van der Waals surface area contributed by atoms with E-state index in [-0.39, 0.29) is 6.10 Å². The van der Waals surface area contributed by atoms with Gasteiger partial charge in [0.05, 0.1) is 17.2 Å². The lowest BCUT2D eigenvalue weighted by atomic mass is 9.95. The van der Waals surface area contributed by atoms with Gasteiger partial charge in [-0.3, -0.25) is 0 Å². The van der Waals surface area contributed by atoms with Crippen LogP contribution in [0.3, 0.4) is 0 Å². The molecule has 0 heterocycles. The average Bonchev–Trinajstić information content (AvgIpc) is 2.34. The number of halogens is 1. The first-order valence-corrected chi connectivity index (χ1v) is 6.78. The first-order valence-electron chi connectivity index (χ1n) is 6.40. The summed E-state index contributed by atoms with van der Waals surface area (Å²) in [4.78, 5) is 0. The maximum Gasteiger partial charge on any atom is 0.138 e. The van der Waals surface area contributed by atoms with Gasteiger partial charge < -0.3 is 14.9 Å². The van der Waals surface area contributed by atoms with Crippen molar-refractivity contribution in [1.82, 2.24) is 0 Å². The molecule has 0 spiro atoms. The predicted molar refractivity (Wildman–Crippen MR) is 71.0 cm³/mol. The zero-order valence-electron chi connectivity index (χ0n) is 10.5. The molecule has 3 atom stereocenters. The largest absolute Gasteiger partial charge is 0.486 e. The number of aliphatic hydroxyl groups excluding tert-OH is 2. The fraction of sp³-hybridized carbons (Fsp3) is 0.571. The van der Waals surface area contributed by atoms with E-state index in [0.717, 1.165) is 31.2 Å². The third kappa shape index (κ3) is 3.16. The van der Waals surface area contributed by atoms with Gasteiger partial charge in [-0.25, -0.2) is 0 Å². The highest BCUT2D eigenvalue weighted by atomic mass is 35.5. The zero-order chi connectivity index (χ0) is 13.1. The number of benzene rings is 1. The molecule has 2 rings (SSSR count). The SMILES string of the molecule is CC(O)c1ccc(OC2CCCCC2O)c(Cl)c1. The van der Waals surface area contributed by atoms with E-state index < -0.39 is 12.2 Å². The Labute approximate surface area is 112 Å². The Morgan fingerprint density at radius 1 is 1.33 bits per heavy atom. The third-order valence-electron chi connectivity index (χ3n) is 3.38. The van der Waals surface area contributed by atoms with Gasteiger partial charge in [-0.05, 0) is 43.9 Å². The Hall–Kier alpha value is -0.770. The maximum absolute atomic E-state index is 9.86. The van der Waals surface area contributed by atoms with Crippen molar-refractivity contribution in [3.05, 3.63) is 28.8 Å². The van der Waals surface area contributed by atoms with Gasteiger partial charge in [0, 0.05) is 0 Å². The van der Waals surface area contributed by atoms with Gasteiger partial charge in [0.25, 0.3) is 0 Å². The van der Waals surface area contributed by atoms with Gasteiger partial charge in [-0.15, -0.1) is 0 Å². The minimum absolute atomic E-state index is 0.173. The van der Waals surface area contributed by atoms with Crippen LogP contribution in [0.5, 0.6) is 5.75 Å². The van der Waals surface area contributed by atoms with Crippen LogP contribution in [0.15, 0.2) is 18.2 Å². The van der Waals surface area contributed by atoms with Crippen LogP contribution in [-0.4, -0.2) is 22.4 Å². The summed E-state index contributed by atoms with van der Waals surface area (Å²) in [6.45, 7) is 1.69. The quantitative estimate of drug-likeness (QED) is 0.887. The van der Waals surface area contributed by atoms with E-state index in [9.17, 15) is 10.2 Å². The minimum atomic E-state index is -0.545. The van der Waals surface area contributed by atoms with E-state index in [1.54, 1.807) is 25.1 Å². The lowest BCUT2D eigenvalue weighted by Crippen LogP contribution is -2.34. The molecule has 1 aromatic carbocycles. The van der Waals surface area contributed by atoms with Crippen LogP contribution in [0.1, 0.15) is 44.3 Å². The molecule has 1 fully saturated rings. The Morgan fingerprint density at radius 2 is 2.06 bits per heavy atom. The van der Waals surface area contributed by atoms with Gasteiger partial charge in [-0.1, -0.05) is 24.1 Å². The molecule has 2 N–H and O–H groups in total. The van der Waals surface area contributed by atoms with E-state index in [2.05, 4.69) is 0 Å². The first-order chi connectivity index (χ1) is 8.58. The molecule has 1 aliphatic carbocycles. The van der Waals surface area contributed by atoms with Crippen LogP contribution >= 0.6 is 11.6 Å². The second-order valence-corrected chi connectivity index (χ2v) is 5.28. The molecule has 1 saturated carbocycles. The molecular weight excluding hydrogens is 252 g/mol. The molecule has 4 heteroatoms. The van der Waals surface area contributed by atoms with Crippen LogP contribution < -0.4 is 4.74 Å². The molecule has 1 aliphatic rings. The van der Waals surface area contributed by atoms with Gasteiger partial charge in [0.15, 0.2) is 0 Å². The monoisotopic (exact) mass is 270 g/mol. The molecule has 3 unspecified atom stereocenters. The Morgan fingerprint density at radius 3 is 2.67 bits per heavy atom. The van der Waals surface area contributed by atoms with Crippen LogP contribution in [0.2, 0.25) is 5.02 Å². The van der Waals surface area contributed by atoms with Crippen molar-refractivity contribution in [2.75, 3.05) is 0 Å². The maximum atomic E-state index is 9.86. The predicted octanol–water partition coefficient (Wildman–Crippen LogP) is 3.08. The highest BCUT2D eigenvalue weighted by Gasteiger charge is 2.25. The van der Waals surface area contributed by atoms with Crippen LogP contribution in [0, 0.1) is 0 Å². The summed E-state index contributed by atoms with van der Waals surface area (Å²) in [7, 11) is 0. The standard InChI is InChI=1S/C14H19ClO3/c1-9(16)10-6-7-13(11(15)8-10)18-14-5-3-2-4-12(14)17/h6-9,12,14,16-17H,2-5H2,1H3. The molecule has 1 aromatic rings. The highest BCUT2D eigenvalue weighted by molar-refractivity contribution is 6.32. The van der Waals surface area contributed by atoms with Crippen molar-refractivity contribution < 1.29 is 14.9 Å². The van der Waals surface area contributed by atoms with E-state index in [0.29, 0.717) is 10.8 Å². The lowest BCUT2D eigenvalue weighted by Gasteiger charge is -2.28. The van der Waals surface area contributed by atoms with Crippen molar-refractivity contribution in [1.29, 1.82) is 0 Å². The second kappa shape index (κ2) is 5.91. The van der Waals surface area contributed by atoms with Gasteiger partial charge in [0.1, 0.15) is 11.9 Å². The fourth-order valence-corrected chi connectivity index (χ4v) is 2.48. The van der Waals surface area contributed by atoms with E-state index >= 15 is 0 Å². The van der Waals surface area contributed by atoms with E-state index in [4.69, 9.17) is 16.3 Å². The van der Waals surface area contributed by atoms with Crippen LogP contribution in [0.4, 0.5) is 0 Å². The number of aliphatic hydroxyl groups is 2. The summed E-state index contributed by atoms with van der Waals surface area (Å²) in [6, 6.07) is 5.25.